The van der Waals surface area contributed by atoms with Crippen molar-refractivity contribution in [2.24, 2.45) is 4.99 Å². The second-order valence-electron chi connectivity index (χ2n) is 4.97. The van der Waals surface area contributed by atoms with E-state index in [9.17, 15) is 4.79 Å². The number of carbonyl (C=O) groups is 1. The molecule has 5 heteroatoms. The lowest BCUT2D eigenvalue weighted by atomic mass is 10.1. The lowest BCUT2D eigenvalue weighted by molar-refractivity contribution is -0.119. The number of nitrogens with one attached hydrogen (secondary N) is 2. The molecule has 0 aliphatic carbocycles. The Balaban J connectivity index is 2.67. The fourth-order valence-corrected chi connectivity index (χ4v) is 1.91. The third-order valence-corrected chi connectivity index (χ3v) is 2.98. The van der Waals surface area contributed by atoms with Crippen molar-refractivity contribution in [2.45, 2.75) is 27.3 Å². The number of guanidine groups is 1. The molecule has 0 aliphatic heterocycles. The van der Waals surface area contributed by atoms with Crippen molar-refractivity contribution in [2.75, 3.05) is 26.7 Å². The molecular weight excluding hydrogens is 264 g/mol. The van der Waals surface area contributed by atoms with Crippen LogP contribution in [0.5, 0.6) is 0 Å². The zero-order valence-electron chi connectivity index (χ0n) is 13.4. The Bertz CT molecular complexity index is 468. The fourth-order valence-electron chi connectivity index (χ4n) is 1.91. The van der Waals surface area contributed by atoms with Crippen molar-refractivity contribution in [3.8, 4) is 0 Å². The first-order valence-corrected chi connectivity index (χ1v) is 7.38. The summed E-state index contributed by atoms with van der Waals surface area (Å²) in [4.78, 5) is 17.9. The minimum atomic E-state index is -0.0587. The van der Waals surface area contributed by atoms with Gasteiger partial charge in [-0.1, -0.05) is 29.8 Å². The number of hydrogen-bond donors (Lipinski definition) is 2. The lowest BCUT2D eigenvalue weighted by Crippen LogP contribution is -2.39. The average Bonchev–Trinajstić information content (AvgIpc) is 2.46. The van der Waals surface area contributed by atoms with E-state index in [4.69, 9.17) is 0 Å². The molecule has 1 amide bonds. The van der Waals surface area contributed by atoms with Crippen LogP contribution >= 0.6 is 0 Å². The van der Waals surface area contributed by atoms with Gasteiger partial charge in [-0.3, -0.25) is 4.79 Å². The van der Waals surface area contributed by atoms with Crippen LogP contribution in [0.3, 0.4) is 0 Å². The van der Waals surface area contributed by atoms with Crippen LogP contribution in [0.15, 0.2) is 29.3 Å². The summed E-state index contributed by atoms with van der Waals surface area (Å²) < 4.78 is 0. The zero-order valence-corrected chi connectivity index (χ0v) is 13.4. The van der Waals surface area contributed by atoms with Gasteiger partial charge in [-0.15, -0.1) is 0 Å². The van der Waals surface area contributed by atoms with Crippen LogP contribution < -0.4 is 10.6 Å². The van der Waals surface area contributed by atoms with E-state index in [1.54, 1.807) is 0 Å². The molecule has 0 unspecified atom stereocenters. The van der Waals surface area contributed by atoms with Crippen LogP contribution in [0, 0.1) is 6.92 Å². The maximum atomic E-state index is 11.5. The minimum Gasteiger partial charge on any atom is -0.357 e. The summed E-state index contributed by atoms with van der Waals surface area (Å²) in [5.41, 5.74) is 2.46. The van der Waals surface area contributed by atoms with Gasteiger partial charge < -0.3 is 15.5 Å². The van der Waals surface area contributed by atoms with Crippen molar-refractivity contribution in [1.82, 2.24) is 15.5 Å². The monoisotopic (exact) mass is 290 g/mol. The van der Waals surface area contributed by atoms with Gasteiger partial charge in [-0.05, 0) is 26.3 Å². The summed E-state index contributed by atoms with van der Waals surface area (Å²) in [7, 11) is 1.97. The van der Waals surface area contributed by atoms with Crippen molar-refractivity contribution < 1.29 is 4.79 Å². The molecule has 0 aliphatic rings. The number of benzene rings is 1. The summed E-state index contributed by atoms with van der Waals surface area (Å²) in [6, 6.07) is 8.42. The van der Waals surface area contributed by atoms with Gasteiger partial charge in [-0.25, -0.2) is 4.99 Å². The number of aryl methyl sites for hydroxylation is 1. The van der Waals surface area contributed by atoms with E-state index in [1.807, 2.05) is 25.8 Å². The molecule has 0 saturated heterocycles. The molecular formula is C16H26N4O. The standard InChI is InChI=1S/C16H26N4O/c1-5-17-15(21)11-19-16(18-6-2)20(4)12-14-9-7-13(3)8-10-14/h7-10H,5-6,11-12H2,1-4H3,(H,17,21)(H,18,19). The van der Waals surface area contributed by atoms with Gasteiger partial charge in [0.25, 0.3) is 0 Å². The number of rotatable bonds is 6. The summed E-state index contributed by atoms with van der Waals surface area (Å²) in [5, 5.41) is 5.95. The van der Waals surface area contributed by atoms with Crippen molar-refractivity contribution in [3.05, 3.63) is 35.4 Å². The number of hydrogen-bond acceptors (Lipinski definition) is 2. The van der Waals surface area contributed by atoms with Crippen LogP contribution in [-0.4, -0.2) is 43.4 Å². The van der Waals surface area contributed by atoms with E-state index in [-0.39, 0.29) is 12.5 Å². The third-order valence-electron chi connectivity index (χ3n) is 2.98. The lowest BCUT2D eigenvalue weighted by Gasteiger charge is -2.22. The van der Waals surface area contributed by atoms with Crippen molar-refractivity contribution in [1.29, 1.82) is 0 Å². The summed E-state index contributed by atoms with van der Waals surface area (Å²) in [5.74, 6) is 0.681. The Morgan fingerprint density at radius 3 is 2.33 bits per heavy atom. The summed E-state index contributed by atoms with van der Waals surface area (Å²) >= 11 is 0. The maximum Gasteiger partial charge on any atom is 0.241 e. The molecule has 116 valence electrons. The van der Waals surface area contributed by atoms with Gasteiger partial charge in [0.2, 0.25) is 5.91 Å². The Kier molecular flexibility index (Phi) is 7.29. The highest BCUT2D eigenvalue weighted by molar-refractivity contribution is 5.84. The average molecular weight is 290 g/mol. The van der Waals surface area contributed by atoms with Crippen molar-refractivity contribution in [3.63, 3.8) is 0 Å². The number of aliphatic imine (C=N–C) groups is 1. The predicted molar refractivity (Wildman–Crippen MR) is 87.3 cm³/mol. The number of nitrogens with zero attached hydrogens (tertiary/aromatic N) is 2. The summed E-state index contributed by atoms with van der Waals surface area (Å²) in [6.45, 7) is 8.29. The number of carbonyl (C=O) groups excluding carboxylic acids is 1. The van der Waals surface area contributed by atoms with E-state index in [0.717, 1.165) is 19.0 Å². The Morgan fingerprint density at radius 1 is 1.14 bits per heavy atom. The highest BCUT2D eigenvalue weighted by atomic mass is 16.1. The van der Waals surface area contributed by atoms with Gasteiger partial charge in [-0.2, -0.15) is 0 Å². The molecule has 0 spiro atoms. The molecule has 5 nitrogen and oxygen atoms in total. The van der Waals surface area contributed by atoms with Crippen LogP contribution in [0.25, 0.3) is 0 Å². The van der Waals surface area contributed by atoms with Gasteiger partial charge in [0.1, 0.15) is 6.54 Å². The normalized spacial score (nSPS) is 11.1. The Hall–Kier alpha value is -2.04. The smallest absolute Gasteiger partial charge is 0.241 e. The molecule has 0 saturated carbocycles. The number of amides is 1. The topological polar surface area (TPSA) is 56.7 Å². The molecule has 0 atom stereocenters. The zero-order chi connectivity index (χ0) is 15.7. The van der Waals surface area contributed by atoms with Crippen LogP contribution in [-0.2, 0) is 11.3 Å². The van der Waals surface area contributed by atoms with Gasteiger partial charge in [0.15, 0.2) is 5.96 Å². The highest BCUT2D eigenvalue weighted by Gasteiger charge is 2.07. The Labute approximate surface area is 127 Å². The van der Waals surface area contributed by atoms with E-state index < -0.39 is 0 Å². The largest absolute Gasteiger partial charge is 0.357 e. The van der Waals surface area contributed by atoms with Gasteiger partial charge in [0, 0.05) is 26.7 Å². The van der Waals surface area contributed by atoms with E-state index in [2.05, 4.69) is 46.8 Å². The molecule has 2 N–H and O–H groups in total. The van der Waals surface area contributed by atoms with E-state index >= 15 is 0 Å². The Morgan fingerprint density at radius 2 is 1.76 bits per heavy atom. The molecule has 0 aromatic heterocycles. The second-order valence-corrected chi connectivity index (χ2v) is 4.97. The summed E-state index contributed by atoms with van der Waals surface area (Å²) in [6.07, 6.45) is 0. The van der Waals surface area contributed by atoms with Gasteiger partial charge in [0.05, 0.1) is 0 Å². The SMILES string of the molecule is CCNC(=O)CN=C(NCC)N(C)Cc1ccc(C)cc1. The third kappa shape index (κ3) is 6.29. The van der Waals surface area contributed by atoms with E-state index in [1.165, 1.54) is 11.1 Å². The van der Waals surface area contributed by atoms with Crippen LogP contribution in [0.2, 0.25) is 0 Å². The quantitative estimate of drug-likeness (QED) is 0.617. The molecule has 0 heterocycles. The first-order valence-electron chi connectivity index (χ1n) is 7.38. The molecule has 0 radical (unpaired) electrons. The first-order chi connectivity index (χ1) is 10.1. The molecule has 0 bridgehead atoms. The second kappa shape index (κ2) is 9.00. The van der Waals surface area contributed by atoms with Crippen LogP contribution in [0.1, 0.15) is 25.0 Å². The van der Waals surface area contributed by atoms with Crippen molar-refractivity contribution >= 4 is 11.9 Å². The van der Waals surface area contributed by atoms with E-state index in [0.29, 0.717) is 6.54 Å². The minimum absolute atomic E-state index is 0.0587. The molecule has 21 heavy (non-hydrogen) atoms. The van der Waals surface area contributed by atoms with Gasteiger partial charge >= 0.3 is 0 Å². The fraction of sp³-hybridized carbons (Fsp3) is 0.500. The number of likely N-dealkylation sites (N-methyl/N-ethyl adjacent to an activating group) is 1. The molecule has 1 aromatic rings. The van der Waals surface area contributed by atoms with Crippen LogP contribution in [0.4, 0.5) is 0 Å². The first kappa shape index (κ1) is 17.0. The predicted octanol–water partition coefficient (Wildman–Crippen LogP) is 1.53. The molecule has 1 rings (SSSR count). The molecule has 0 fully saturated rings. The highest BCUT2D eigenvalue weighted by Crippen LogP contribution is 2.06. The molecule has 1 aromatic carbocycles. The maximum absolute atomic E-state index is 11.5.